The molecule has 3 rings (SSSR count). The van der Waals surface area contributed by atoms with E-state index in [9.17, 15) is 4.79 Å². The highest BCUT2D eigenvalue weighted by atomic mass is 35.5. The Bertz CT molecular complexity index is 962. The molecule has 0 aliphatic heterocycles. The Morgan fingerprint density at radius 1 is 0.867 bits per heavy atom. The van der Waals surface area contributed by atoms with Crippen LogP contribution in [0.3, 0.4) is 0 Å². The second-order valence-corrected chi connectivity index (χ2v) is 6.79. The van der Waals surface area contributed by atoms with E-state index in [1.165, 1.54) is 0 Å². The molecule has 156 valence electrons. The van der Waals surface area contributed by atoms with Gasteiger partial charge in [-0.05, 0) is 48.9 Å². The summed E-state index contributed by atoms with van der Waals surface area (Å²) in [5, 5.41) is 3.50. The van der Waals surface area contributed by atoms with Crippen LogP contribution in [-0.4, -0.2) is 25.7 Å². The highest BCUT2D eigenvalue weighted by Gasteiger charge is 2.12. The van der Waals surface area contributed by atoms with Crippen molar-refractivity contribution in [1.29, 1.82) is 0 Å². The van der Waals surface area contributed by atoms with Crippen LogP contribution in [0.1, 0.15) is 22.8 Å². The maximum absolute atomic E-state index is 12.5. The summed E-state index contributed by atoms with van der Waals surface area (Å²) >= 11 is 6.14. The van der Waals surface area contributed by atoms with Crippen LogP contribution in [-0.2, 0) is 6.54 Å². The molecule has 6 heteroatoms. The molecule has 3 aromatic rings. The van der Waals surface area contributed by atoms with E-state index in [1.807, 2.05) is 55.5 Å². The third kappa shape index (κ3) is 6.16. The summed E-state index contributed by atoms with van der Waals surface area (Å²) in [4.78, 5) is 12.5. The van der Waals surface area contributed by atoms with E-state index in [1.54, 1.807) is 24.3 Å². The smallest absolute Gasteiger partial charge is 0.251 e. The quantitative estimate of drug-likeness (QED) is 0.458. The van der Waals surface area contributed by atoms with Crippen LogP contribution in [0.4, 0.5) is 0 Å². The first-order valence-corrected chi connectivity index (χ1v) is 10.1. The average Bonchev–Trinajstić information content (AvgIpc) is 2.77. The molecule has 0 aromatic heterocycles. The predicted molar refractivity (Wildman–Crippen MR) is 118 cm³/mol. The Hall–Kier alpha value is -3.18. The second kappa shape index (κ2) is 11.1. The molecule has 1 amide bonds. The first kappa shape index (κ1) is 21.5. The monoisotopic (exact) mass is 425 g/mol. The van der Waals surface area contributed by atoms with Gasteiger partial charge in [0.25, 0.3) is 5.91 Å². The second-order valence-electron chi connectivity index (χ2n) is 6.38. The fraction of sp³-hybridized carbons (Fsp3) is 0.208. The van der Waals surface area contributed by atoms with E-state index in [4.69, 9.17) is 25.8 Å². The van der Waals surface area contributed by atoms with Crippen molar-refractivity contribution in [2.75, 3.05) is 19.8 Å². The number of nitrogens with one attached hydrogen (secondary N) is 1. The van der Waals surface area contributed by atoms with E-state index >= 15 is 0 Å². The molecule has 5 nitrogen and oxygen atoms in total. The van der Waals surface area contributed by atoms with Gasteiger partial charge >= 0.3 is 0 Å². The lowest BCUT2D eigenvalue weighted by Crippen LogP contribution is -2.23. The van der Waals surface area contributed by atoms with E-state index < -0.39 is 0 Å². The third-order valence-electron chi connectivity index (χ3n) is 4.26. The Balaban J connectivity index is 1.58. The molecule has 0 atom stereocenters. The van der Waals surface area contributed by atoms with Crippen LogP contribution in [0.25, 0.3) is 0 Å². The van der Waals surface area contributed by atoms with Crippen molar-refractivity contribution in [3.63, 3.8) is 0 Å². The third-order valence-corrected chi connectivity index (χ3v) is 4.62. The highest BCUT2D eigenvalue weighted by molar-refractivity contribution is 6.31. The summed E-state index contributed by atoms with van der Waals surface area (Å²) in [5.74, 6) is 1.66. The number of benzene rings is 3. The van der Waals surface area contributed by atoms with Crippen molar-refractivity contribution in [1.82, 2.24) is 5.32 Å². The van der Waals surface area contributed by atoms with Gasteiger partial charge in [-0.15, -0.1) is 0 Å². The number of carbonyl (C=O) groups is 1. The number of hydrogen-bond donors (Lipinski definition) is 1. The largest absolute Gasteiger partial charge is 0.490 e. The van der Waals surface area contributed by atoms with Crippen LogP contribution >= 0.6 is 11.6 Å². The van der Waals surface area contributed by atoms with Gasteiger partial charge in [0, 0.05) is 17.1 Å². The molecule has 0 saturated heterocycles. The lowest BCUT2D eigenvalue weighted by Gasteiger charge is -2.14. The number of hydrogen-bond acceptors (Lipinski definition) is 4. The highest BCUT2D eigenvalue weighted by Crippen LogP contribution is 2.28. The molecular weight excluding hydrogens is 402 g/mol. The minimum Gasteiger partial charge on any atom is -0.490 e. The van der Waals surface area contributed by atoms with Gasteiger partial charge < -0.3 is 19.5 Å². The molecule has 0 aliphatic rings. The van der Waals surface area contributed by atoms with Crippen molar-refractivity contribution in [3.05, 3.63) is 88.9 Å². The minimum atomic E-state index is -0.213. The lowest BCUT2D eigenvalue weighted by atomic mass is 10.1. The first-order chi connectivity index (χ1) is 14.7. The number of halogens is 1. The zero-order valence-corrected chi connectivity index (χ0v) is 17.5. The fourth-order valence-electron chi connectivity index (χ4n) is 2.78. The molecule has 0 saturated carbocycles. The maximum atomic E-state index is 12.5. The molecule has 0 bridgehead atoms. The Labute approximate surface area is 181 Å². The average molecular weight is 426 g/mol. The Kier molecular flexibility index (Phi) is 7.98. The summed E-state index contributed by atoms with van der Waals surface area (Å²) in [6.07, 6.45) is 0. The summed E-state index contributed by atoms with van der Waals surface area (Å²) in [7, 11) is 0. The molecule has 0 spiro atoms. The molecule has 0 heterocycles. The van der Waals surface area contributed by atoms with Crippen molar-refractivity contribution in [3.8, 4) is 17.2 Å². The van der Waals surface area contributed by atoms with E-state index in [0.717, 1.165) is 11.3 Å². The van der Waals surface area contributed by atoms with E-state index in [-0.39, 0.29) is 5.91 Å². The molecular formula is C24H24ClNO4. The van der Waals surface area contributed by atoms with Crippen molar-refractivity contribution >= 4 is 17.5 Å². The maximum Gasteiger partial charge on any atom is 0.251 e. The van der Waals surface area contributed by atoms with Gasteiger partial charge in [0.1, 0.15) is 19.0 Å². The summed E-state index contributed by atoms with van der Waals surface area (Å²) < 4.78 is 17.1. The molecule has 0 aliphatic carbocycles. The van der Waals surface area contributed by atoms with Gasteiger partial charge in [0.2, 0.25) is 0 Å². The standard InChI is InChI=1S/C24H24ClNO4/c1-2-28-23-16-18(24(27)26-17-19-8-6-7-11-21(19)25)12-13-22(23)30-15-14-29-20-9-4-3-5-10-20/h3-13,16H,2,14-15,17H2,1H3,(H,26,27). The van der Waals surface area contributed by atoms with Crippen LogP contribution in [0, 0.1) is 0 Å². The zero-order chi connectivity index (χ0) is 21.2. The Morgan fingerprint density at radius 2 is 1.60 bits per heavy atom. The predicted octanol–water partition coefficient (Wildman–Crippen LogP) is 5.13. The minimum absolute atomic E-state index is 0.213. The molecule has 0 radical (unpaired) electrons. The Morgan fingerprint density at radius 3 is 2.37 bits per heavy atom. The molecule has 30 heavy (non-hydrogen) atoms. The number of carbonyl (C=O) groups excluding carboxylic acids is 1. The number of amides is 1. The van der Waals surface area contributed by atoms with Crippen LogP contribution in [0.2, 0.25) is 5.02 Å². The van der Waals surface area contributed by atoms with E-state index in [0.29, 0.717) is 48.5 Å². The molecule has 0 fully saturated rings. The van der Waals surface area contributed by atoms with Gasteiger partial charge in [0.05, 0.1) is 6.61 Å². The van der Waals surface area contributed by atoms with Crippen LogP contribution in [0.5, 0.6) is 17.2 Å². The van der Waals surface area contributed by atoms with Gasteiger partial charge in [-0.1, -0.05) is 48.0 Å². The number of para-hydroxylation sites is 1. The summed E-state index contributed by atoms with van der Waals surface area (Å²) in [6, 6.07) is 22.1. The first-order valence-electron chi connectivity index (χ1n) is 9.76. The lowest BCUT2D eigenvalue weighted by molar-refractivity contribution is 0.0950. The fourth-order valence-corrected chi connectivity index (χ4v) is 2.99. The molecule has 0 unspecified atom stereocenters. The van der Waals surface area contributed by atoms with Crippen molar-refractivity contribution < 1.29 is 19.0 Å². The van der Waals surface area contributed by atoms with Gasteiger partial charge in [-0.2, -0.15) is 0 Å². The van der Waals surface area contributed by atoms with Gasteiger partial charge in [-0.25, -0.2) is 0 Å². The normalized spacial score (nSPS) is 10.3. The topological polar surface area (TPSA) is 56.8 Å². The van der Waals surface area contributed by atoms with Gasteiger partial charge in [-0.3, -0.25) is 4.79 Å². The zero-order valence-electron chi connectivity index (χ0n) is 16.8. The molecule has 3 aromatic carbocycles. The van der Waals surface area contributed by atoms with Crippen molar-refractivity contribution in [2.45, 2.75) is 13.5 Å². The summed E-state index contributed by atoms with van der Waals surface area (Å²) in [6.45, 7) is 3.44. The van der Waals surface area contributed by atoms with E-state index in [2.05, 4.69) is 5.32 Å². The van der Waals surface area contributed by atoms with Crippen LogP contribution < -0.4 is 19.5 Å². The summed E-state index contributed by atoms with van der Waals surface area (Å²) in [5.41, 5.74) is 1.34. The molecule has 1 N–H and O–H groups in total. The number of rotatable bonds is 10. The van der Waals surface area contributed by atoms with Crippen molar-refractivity contribution in [2.24, 2.45) is 0 Å². The van der Waals surface area contributed by atoms with Crippen LogP contribution in [0.15, 0.2) is 72.8 Å². The van der Waals surface area contributed by atoms with Gasteiger partial charge in [0.15, 0.2) is 11.5 Å². The number of ether oxygens (including phenoxy) is 3. The SMILES string of the molecule is CCOc1cc(C(=O)NCc2ccccc2Cl)ccc1OCCOc1ccccc1.